The third kappa shape index (κ3) is 3.01. The molecular formula is C9H11ClN6S2. The minimum absolute atomic E-state index is 0.501. The first-order valence-corrected chi connectivity index (χ1v) is 7.00. The molecule has 6 nitrogen and oxygen atoms in total. The van der Waals surface area contributed by atoms with Crippen molar-refractivity contribution in [1.29, 1.82) is 0 Å². The zero-order valence-corrected chi connectivity index (χ0v) is 12.4. The van der Waals surface area contributed by atoms with Crippen LogP contribution in [-0.4, -0.2) is 41.3 Å². The van der Waals surface area contributed by atoms with Gasteiger partial charge in [-0.3, -0.25) is 0 Å². The normalized spacial score (nSPS) is 10.4. The average molecular weight is 303 g/mol. The Morgan fingerprint density at radius 3 is 2.78 bits per heavy atom. The van der Waals surface area contributed by atoms with Crippen LogP contribution in [0, 0.1) is 0 Å². The fraction of sp³-hybridized carbons (Fsp3) is 0.333. The average Bonchev–Trinajstić information content (AvgIpc) is 2.81. The number of nitrogens with zero attached hydrogens (tertiary/aromatic N) is 5. The fourth-order valence-corrected chi connectivity index (χ4v) is 2.92. The zero-order valence-electron chi connectivity index (χ0n) is 10.0. The maximum absolute atomic E-state index is 6.04. The lowest BCUT2D eigenvalue weighted by Gasteiger charge is -2.04. The number of anilines is 2. The van der Waals surface area contributed by atoms with Crippen molar-refractivity contribution >= 4 is 45.8 Å². The summed E-state index contributed by atoms with van der Waals surface area (Å²) >= 11 is 8.91. The molecule has 0 atom stereocenters. The maximum Gasteiger partial charge on any atom is 0.223 e. The van der Waals surface area contributed by atoms with E-state index in [0.29, 0.717) is 16.0 Å². The summed E-state index contributed by atoms with van der Waals surface area (Å²) < 4.78 is 0.793. The summed E-state index contributed by atoms with van der Waals surface area (Å²) in [6.07, 6.45) is 1.57. The van der Waals surface area contributed by atoms with Crippen LogP contribution in [0.2, 0.25) is 5.02 Å². The number of hydrogen-bond acceptors (Lipinski definition) is 8. The van der Waals surface area contributed by atoms with Crippen LogP contribution in [0.4, 0.5) is 11.1 Å². The van der Waals surface area contributed by atoms with E-state index >= 15 is 0 Å². The Hall–Kier alpha value is -1.12. The molecule has 0 saturated heterocycles. The first-order chi connectivity index (χ1) is 8.60. The highest BCUT2D eigenvalue weighted by molar-refractivity contribution is 8.01. The van der Waals surface area contributed by atoms with Gasteiger partial charge >= 0.3 is 0 Å². The van der Waals surface area contributed by atoms with Gasteiger partial charge in [0.1, 0.15) is 5.03 Å². The summed E-state index contributed by atoms with van der Waals surface area (Å²) in [4.78, 5) is 10.2. The molecule has 0 aliphatic rings. The van der Waals surface area contributed by atoms with Crippen LogP contribution in [0.15, 0.2) is 15.6 Å². The van der Waals surface area contributed by atoms with E-state index in [0.717, 1.165) is 9.47 Å². The van der Waals surface area contributed by atoms with E-state index in [9.17, 15) is 0 Å². The molecule has 2 aromatic heterocycles. The van der Waals surface area contributed by atoms with Crippen molar-refractivity contribution in [2.24, 2.45) is 0 Å². The van der Waals surface area contributed by atoms with Crippen LogP contribution < -0.4 is 10.2 Å². The van der Waals surface area contributed by atoms with Gasteiger partial charge in [0, 0.05) is 21.1 Å². The molecule has 0 saturated carbocycles. The van der Waals surface area contributed by atoms with Gasteiger partial charge in [-0.2, -0.15) is 0 Å². The number of rotatable bonds is 4. The van der Waals surface area contributed by atoms with Crippen molar-refractivity contribution in [3.8, 4) is 0 Å². The van der Waals surface area contributed by atoms with Gasteiger partial charge in [0.05, 0.1) is 11.2 Å². The van der Waals surface area contributed by atoms with Crippen molar-refractivity contribution < 1.29 is 0 Å². The van der Waals surface area contributed by atoms with Gasteiger partial charge in [0.25, 0.3) is 0 Å². The SMILES string of the molecule is CNc1ncc(Cl)c(Sc2nnc(N(C)C)s2)n1. The summed E-state index contributed by atoms with van der Waals surface area (Å²) in [6.45, 7) is 0. The third-order valence-electron chi connectivity index (χ3n) is 1.90. The van der Waals surface area contributed by atoms with E-state index < -0.39 is 0 Å². The Morgan fingerprint density at radius 1 is 1.39 bits per heavy atom. The molecule has 0 bridgehead atoms. The molecule has 18 heavy (non-hydrogen) atoms. The second kappa shape index (κ2) is 5.68. The molecule has 9 heteroatoms. The van der Waals surface area contributed by atoms with Crippen molar-refractivity contribution in [3.05, 3.63) is 11.2 Å². The molecule has 0 fully saturated rings. The van der Waals surface area contributed by atoms with Crippen LogP contribution in [0.5, 0.6) is 0 Å². The van der Waals surface area contributed by atoms with Crippen LogP contribution in [0.3, 0.4) is 0 Å². The maximum atomic E-state index is 6.04. The molecule has 0 unspecified atom stereocenters. The summed E-state index contributed by atoms with van der Waals surface area (Å²) in [6, 6.07) is 0. The van der Waals surface area contributed by atoms with E-state index in [4.69, 9.17) is 11.6 Å². The minimum atomic E-state index is 0.501. The Kier molecular flexibility index (Phi) is 4.20. The Labute approximate surface area is 118 Å². The van der Waals surface area contributed by atoms with Crippen LogP contribution in [0.1, 0.15) is 0 Å². The smallest absolute Gasteiger partial charge is 0.223 e. The fourth-order valence-electron chi connectivity index (χ4n) is 1.05. The van der Waals surface area contributed by atoms with Crippen molar-refractivity contribution in [2.45, 2.75) is 9.37 Å². The molecule has 2 heterocycles. The van der Waals surface area contributed by atoms with Gasteiger partial charge < -0.3 is 10.2 Å². The molecule has 0 aromatic carbocycles. The zero-order chi connectivity index (χ0) is 13.1. The predicted molar refractivity (Wildman–Crippen MR) is 74.9 cm³/mol. The highest BCUT2D eigenvalue weighted by Crippen LogP contribution is 2.35. The number of halogens is 1. The standard InChI is InChI=1S/C9H11ClN6S2/c1-11-7-12-4-5(10)6(13-7)17-9-15-14-8(18-9)16(2)3/h4H,1-3H3,(H,11,12,13). The van der Waals surface area contributed by atoms with E-state index in [-0.39, 0.29) is 0 Å². The topological polar surface area (TPSA) is 66.8 Å². The van der Waals surface area contributed by atoms with Crippen LogP contribution >= 0.6 is 34.7 Å². The monoisotopic (exact) mass is 302 g/mol. The predicted octanol–water partition coefficient (Wildman–Crippen LogP) is 2.24. The molecular weight excluding hydrogens is 292 g/mol. The Balaban J connectivity index is 2.22. The highest BCUT2D eigenvalue weighted by atomic mass is 35.5. The highest BCUT2D eigenvalue weighted by Gasteiger charge is 2.12. The number of nitrogens with one attached hydrogen (secondary N) is 1. The molecule has 1 N–H and O–H groups in total. The molecule has 2 aromatic rings. The van der Waals surface area contributed by atoms with E-state index in [2.05, 4.69) is 25.5 Å². The van der Waals surface area contributed by atoms with Crippen LogP contribution in [0.25, 0.3) is 0 Å². The lowest BCUT2D eigenvalue weighted by molar-refractivity contribution is 0.968. The molecule has 0 aliphatic carbocycles. The van der Waals surface area contributed by atoms with Gasteiger partial charge in [0.15, 0.2) is 4.34 Å². The summed E-state index contributed by atoms with van der Waals surface area (Å²) in [5.74, 6) is 0.527. The quantitative estimate of drug-likeness (QED) is 0.869. The van der Waals surface area contributed by atoms with E-state index in [1.165, 1.54) is 23.1 Å². The van der Waals surface area contributed by atoms with Crippen molar-refractivity contribution in [3.63, 3.8) is 0 Å². The lowest BCUT2D eigenvalue weighted by Crippen LogP contribution is -2.07. The third-order valence-corrected chi connectivity index (χ3v) is 4.43. The van der Waals surface area contributed by atoms with E-state index in [1.54, 1.807) is 13.2 Å². The second-order valence-corrected chi connectivity index (χ2v) is 6.04. The number of hydrogen-bond donors (Lipinski definition) is 1. The van der Waals surface area contributed by atoms with Gasteiger partial charge in [-0.05, 0) is 11.8 Å². The first-order valence-electron chi connectivity index (χ1n) is 4.99. The summed E-state index contributed by atoms with van der Waals surface area (Å²) in [5.41, 5.74) is 0. The van der Waals surface area contributed by atoms with Gasteiger partial charge in [-0.15, -0.1) is 10.2 Å². The lowest BCUT2D eigenvalue weighted by atomic mass is 10.6. The minimum Gasteiger partial charge on any atom is -0.357 e. The van der Waals surface area contributed by atoms with Crippen molar-refractivity contribution in [1.82, 2.24) is 20.2 Å². The largest absolute Gasteiger partial charge is 0.357 e. The molecule has 96 valence electrons. The first kappa shape index (κ1) is 13.3. The van der Waals surface area contributed by atoms with Crippen molar-refractivity contribution in [2.75, 3.05) is 31.4 Å². The van der Waals surface area contributed by atoms with Crippen LogP contribution in [-0.2, 0) is 0 Å². The molecule has 0 aliphatic heterocycles. The number of aromatic nitrogens is 4. The van der Waals surface area contributed by atoms with Gasteiger partial charge in [-0.25, -0.2) is 9.97 Å². The van der Waals surface area contributed by atoms with E-state index in [1.807, 2.05) is 19.0 Å². The Bertz CT molecular complexity index is 544. The summed E-state index contributed by atoms with van der Waals surface area (Å²) in [5, 5.41) is 13.0. The van der Waals surface area contributed by atoms with Gasteiger partial charge in [0.2, 0.25) is 11.1 Å². The molecule has 0 spiro atoms. The Morgan fingerprint density at radius 2 is 2.17 bits per heavy atom. The molecule has 0 radical (unpaired) electrons. The van der Waals surface area contributed by atoms with Gasteiger partial charge in [-0.1, -0.05) is 22.9 Å². The molecule has 0 amide bonds. The molecule has 2 rings (SSSR count). The second-order valence-electron chi connectivity index (χ2n) is 3.44. The summed E-state index contributed by atoms with van der Waals surface area (Å²) in [7, 11) is 5.60.